The highest BCUT2D eigenvalue weighted by Crippen LogP contribution is 2.31. The average Bonchev–Trinajstić information content (AvgIpc) is 2.32. The van der Waals surface area contributed by atoms with Crippen LogP contribution in [0.25, 0.3) is 0 Å². The molecule has 2 N–H and O–H groups in total. The monoisotopic (exact) mass is 302 g/mol. The van der Waals surface area contributed by atoms with Gasteiger partial charge in [0.2, 0.25) is 10.0 Å². The quantitative estimate of drug-likeness (QED) is 0.854. The van der Waals surface area contributed by atoms with E-state index >= 15 is 0 Å². The van der Waals surface area contributed by atoms with Gasteiger partial charge >= 0.3 is 0 Å². The van der Waals surface area contributed by atoms with Crippen LogP contribution in [-0.2, 0) is 10.0 Å². The van der Waals surface area contributed by atoms with Gasteiger partial charge in [0.05, 0.1) is 15.6 Å². The van der Waals surface area contributed by atoms with Crippen LogP contribution in [0.15, 0.2) is 23.1 Å². The Morgan fingerprint density at radius 3 is 2.37 bits per heavy atom. The van der Waals surface area contributed by atoms with Crippen LogP contribution < -0.4 is 5.73 Å². The standard InChI is InChI=1S/C13H19ClN2O2S/c1-9-4-3-5-10(2)16(9)19(17,18)11-6-7-13(15)12(14)8-11/h6-10H,3-5,15H2,1-2H3. The van der Waals surface area contributed by atoms with Gasteiger partial charge in [0.1, 0.15) is 0 Å². The molecule has 1 aliphatic heterocycles. The van der Waals surface area contributed by atoms with Crippen LogP contribution in [0.5, 0.6) is 0 Å². The van der Waals surface area contributed by atoms with E-state index in [1.54, 1.807) is 4.31 Å². The predicted octanol–water partition coefficient (Wildman–Crippen LogP) is 2.87. The van der Waals surface area contributed by atoms with Crippen molar-refractivity contribution in [1.82, 2.24) is 4.31 Å². The van der Waals surface area contributed by atoms with E-state index in [9.17, 15) is 8.42 Å². The van der Waals surface area contributed by atoms with E-state index in [1.807, 2.05) is 13.8 Å². The zero-order valence-electron chi connectivity index (χ0n) is 11.1. The highest BCUT2D eigenvalue weighted by molar-refractivity contribution is 7.89. The van der Waals surface area contributed by atoms with Crippen LogP contribution in [0.1, 0.15) is 33.1 Å². The van der Waals surface area contributed by atoms with Crippen molar-refractivity contribution in [3.05, 3.63) is 23.2 Å². The van der Waals surface area contributed by atoms with Crippen LogP contribution in [0.4, 0.5) is 5.69 Å². The SMILES string of the molecule is CC1CCCC(C)N1S(=O)(=O)c1ccc(N)c(Cl)c1. The van der Waals surface area contributed by atoms with E-state index < -0.39 is 10.0 Å². The van der Waals surface area contributed by atoms with Crippen LogP contribution >= 0.6 is 11.6 Å². The fourth-order valence-electron chi connectivity index (χ4n) is 2.66. The lowest BCUT2D eigenvalue weighted by molar-refractivity contribution is 0.204. The molecule has 6 heteroatoms. The molecule has 0 amide bonds. The first-order chi connectivity index (χ1) is 8.84. The first kappa shape index (κ1) is 14.6. The zero-order valence-corrected chi connectivity index (χ0v) is 12.7. The Morgan fingerprint density at radius 1 is 1.26 bits per heavy atom. The Morgan fingerprint density at radius 2 is 1.84 bits per heavy atom. The summed E-state index contributed by atoms with van der Waals surface area (Å²) in [7, 11) is -3.51. The molecule has 106 valence electrons. The van der Waals surface area contributed by atoms with Crippen LogP contribution in [-0.4, -0.2) is 24.8 Å². The van der Waals surface area contributed by atoms with E-state index in [4.69, 9.17) is 17.3 Å². The number of halogens is 1. The molecule has 1 aromatic carbocycles. The zero-order chi connectivity index (χ0) is 14.2. The van der Waals surface area contributed by atoms with Crippen molar-refractivity contribution in [2.24, 2.45) is 0 Å². The van der Waals surface area contributed by atoms with Gasteiger partial charge in [-0.05, 0) is 44.9 Å². The van der Waals surface area contributed by atoms with Crippen LogP contribution in [0.2, 0.25) is 5.02 Å². The molecule has 1 saturated heterocycles. The second kappa shape index (κ2) is 5.31. The molecule has 2 atom stereocenters. The van der Waals surface area contributed by atoms with E-state index in [-0.39, 0.29) is 22.0 Å². The molecule has 0 spiro atoms. The lowest BCUT2D eigenvalue weighted by atomic mass is 10.0. The number of anilines is 1. The van der Waals surface area contributed by atoms with Gasteiger partial charge in [0.15, 0.2) is 0 Å². The summed E-state index contributed by atoms with van der Waals surface area (Å²) in [5.74, 6) is 0. The number of sulfonamides is 1. The Kier molecular flexibility index (Phi) is 4.08. The number of hydrogen-bond donors (Lipinski definition) is 1. The lowest BCUT2D eigenvalue weighted by Gasteiger charge is -2.37. The molecule has 1 heterocycles. The van der Waals surface area contributed by atoms with Crippen molar-refractivity contribution < 1.29 is 8.42 Å². The first-order valence-electron chi connectivity index (χ1n) is 6.42. The number of nitrogen functional groups attached to an aromatic ring is 1. The number of nitrogens with zero attached hydrogens (tertiary/aromatic N) is 1. The first-order valence-corrected chi connectivity index (χ1v) is 8.24. The Balaban J connectivity index is 2.43. The Hall–Kier alpha value is -0.780. The van der Waals surface area contributed by atoms with Crippen molar-refractivity contribution in [2.45, 2.75) is 50.1 Å². The van der Waals surface area contributed by atoms with Gasteiger partial charge < -0.3 is 5.73 Å². The lowest BCUT2D eigenvalue weighted by Crippen LogP contribution is -2.47. The smallest absolute Gasteiger partial charge is 0.243 e. The summed E-state index contributed by atoms with van der Waals surface area (Å²) in [4.78, 5) is 0.215. The van der Waals surface area contributed by atoms with Crippen LogP contribution in [0, 0.1) is 0 Å². The summed E-state index contributed by atoms with van der Waals surface area (Å²) < 4.78 is 27.0. The summed E-state index contributed by atoms with van der Waals surface area (Å²) in [6.45, 7) is 3.90. The van der Waals surface area contributed by atoms with Crippen molar-refractivity contribution >= 4 is 27.3 Å². The Labute approximate surface area is 119 Å². The molecule has 2 rings (SSSR count). The molecular weight excluding hydrogens is 284 g/mol. The maximum absolute atomic E-state index is 12.7. The molecule has 2 unspecified atom stereocenters. The molecular formula is C13H19ClN2O2S. The molecule has 0 aliphatic carbocycles. The Bertz CT molecular complexity index is 564. The van der Waals surface area contributed by atoms with E-state index in [2.05, 4.69) is 0 Å². The normalized spacial score (nSPS) is 25.4. The third-order valence-corrected chi connectivity index (χ3v) is 6.11. The van der Waals surface area contributed by atoms with Gasteiger partial charge in [-0.2, -0.15) is 4.31 Å². The molecule has 1 fully saturated rings. The number of hydrogen-bond acceptors (Lipinski definition) is 3. The largest absolute Gasteiger partial charge is 0.398 e. The molecule has 1 aliphatic rings. The highest BCUT2D eigenvalue weighted by atomic mass is 35.5. The predicted molar refractivity (Wildman–Crippen MR) is 77.7 cm³/mol. The number of nitrogens with two attached hydrogens (primary N) is 1. The fourth-order valence-corrected chi connectivity index (χ4v) is 4.82. The number of rotatable bonds is 2. The molecule has 0 bridgehead atoms. The van der Waals surface area contributed by atoms with Gasteiger partial charge in [0, 0.05) is 12.1 Å². The van der Waals surface area contributed by atoms with Gasteiger partial charge in [-0.1, -0.05) is 18.0 Å². The van der Waals surface area contributed by atoms with Crippen LogP contribution in [0.3, 0.4) is 0 Å². The maximum atomic E-state index is 12.7. The van der Waals surface area contributed by atoms with Gasteiger partial charge in [-0.25, -0.2) is 8.42 Å². The minimum atomic E-state index is -3.51. The number of piperidine rings is 1. The van der Waals surface area contributed by atoms with E-state index in [0.717, 1.165) is 19.3 Å². The summed E-state index contributed by atoms with van der Waals surface area (Å²) in [6, 6.07) is 4.52. The maximum Gasteiger partial charge on any atom is 0.243 e. The minimum Gasteiger partial charge on any atom is -0.398 e. The second-order valence-corrected chi connectivity index (χ2v) is 7.40. The summed E-state index contributed by atoms with van der Waals surface area (Å²) in [5, 5.41) is 0.276. The summed E-state index contributed by atoms with van der Waals surface area (Å²) in [6.07, 6.45) is 2.86. The summed E-state index contributed by atoms with van der Waals surface area (Å²) in [5.41, 5.74) is 6.01. The van der Waals surface area contributed by atoms with E-state index in [1.165, 1.54) is 18.2 Å². The van der Waals surface area contributed by atoms with Gasteiger partial charge in [-0.15, -0.1) is 0 Å². The topological polar surface area (TPSA) is 63.4 Å². The third-order valence-electron chi connectivity index (χ3n) is 3.66. The highest BCUT2D eigenvalue weighted by Gasteiger charge is 2.35. The minimum absolute atomic E-state index is 0.0186. The third kappa shape index (κ3) is 2.73. The van der Waals surface area contributed by atoms with E-state index in [0.29, 0.717) is 5.69 Å². The van der Waals surface area contributed by atoms with Crippen molar-refractivity contribution in [3.63, 3.8) is 0 Å². The van der Waals surface area contributed by atoms with Crippen molar-refractivity contribution in [1.29, 1.82) is 0 Å². The summed E-state index contributed by atoms with van der Waals surface area (Å²) >= 11 is 5.92. The number of benzene rings is 1. The molecule has 0 aromatic heterocycles. The van der Waals surface area contributed by atoms with Crippen molar-refractivity contribution in [3.8, 4) is 0 Å². The van der Waals surface area contributed by atoms with Crippen molar-refractivity contribution in [2.75, 3.05) is 5.73 Å². The molecule has 0 saturated carbocycles. The van der Waals surface area contributed by atoms with Gasteiger partial charge in [-0.3, -0.25) is 0 Å². The second-order valence-electron chi connectivity index (χ2n) is 5.15. The molecule has 4 nitrogen and oxygen atoms in total. The molecule has 0 radical (unpaired) electrons. The fraction of sp³-hybridized carbons (Fsp3) is 0.538. The molecule has 19 heavy (non-hydrogen) atoms. The molecule has 1 aromatic rings. The van der Waals surface area contributed by atoms with Gasteiger partial charge in [0.25, 0.3) is 0 Å². The average molecular weight is 303 g/mol.